The highest BCUT2D eigenvalue weighted by molar-refractivity contribution is 5.77. The summed E-state index contributed by atoms with van der Waals surface area (Å²) >= 11 is 0. The van der Waals surface area contributed by atoms with Crippen molar-refractivity contribution in [2.45, 2.75) is 44.6 Å². The summed E-state index contributed by atoms with van der Waals surface area (Å²) in [5, 5.41) is 3.27. The number of nitrogens with one attached hydrogen (secondary N) is 1. The standard InChI is InChI=1S/C17H23NO2/c1-13-3-2-4-14(9-13)11-17(6-7-17)18-16(19)10-15-5-8-20-12-15/h2-4,9,15H,5-8,10-12H2,1H3,(H,18,19). The third-order valence-corrected chi connectivity index (χ3v) is 4.38. The molecule has 108 valence electrons. The first-order valence-corrected chi connectivity index (χ1v) is 7.60. The highest BCUT2D eigenvalue weighted by Crippen LogP contribution is 2.39. The lowest BCUT2D eigenvalue weighted by Crippen LogP contribution is -2.39. The van der Waals surface area contributed by atoms with Gasteiger partial charge in [0.25, 0.3) is 0 Å². The maximum Gasteiger partial charge on any atom is 0.220 e. The Hall–Kier alpha value is -1.35. The third-order valence-electron chi connectivity index (χ3n) is 4.38. The molecule has 1 N–H and O–H groups in total. The molecule has 1 aromatic rings. The molecule has 3 heteroatoms. The zero-order chi connectivity index (χ0) is 14.0. The van der Waals surface area contributed by atoms with E-state index in [0.29, 0.717) is 12.3 Å². The Bertz CT molecular complexity index is 488. The van der Waals surface area contributed by atoms with Gasteiger partial charge in [-0.05, 0) is 44.1 Å². The summed E-state index contributed by atoms with van der Waals surface area (Å²) < 4.78 is 5.33. The van der Waals surface area contributed by atoms with Gasteiger partial charge in [-0.2, -0.15) is 0 Å². The number of carbonyl (C=O) groups is 1. The topological polar surface area (TPSA) is 38.3 Å². The van der Waals surface area contributed by atoms with Crippen molar-refractivity contribution in [1.82, 2.24) is 5.32 Å². The van der Waals surface area contributed by atoms with Gasteiger partial charge in [0.1, 0.15) is 0 Å². The van der Waals surface area contributed by atoms with Crippen LogP contribution in [0.4, 0.5) is 0 Å². The minimum atomic E-state index is 0.0321. The van der Waals surface area contributed by atoms with Gasteiger partial charge in [-0.25, -0.2) is 0 Å². The van der Waals surface area contributed by atoms with Crippen LogP contribution < -0.4 is 5.32 Å². The number of rotatable bonds is 5. The minimum absolute atomic E-state index is 0.0321. The Morgan fingerprint density at radius 3 is 2.95 bits per heavy atom. The minimum Gasteiger partial charge on any atom is -0.381 e. The fourth-order valence-electron chi connectivity index (χ4n) is 3.06. The van der Waals surface area contributed by atoms with Crippen molar-refractivity contribution in [2.24, 2.45) is 5.92 Å². The predicted octanol–water partition coefficient (Wildman–Crippen LogP) is 2.61. The molecule has 0 spiro atoms. The lowest BCUT2D eigenvalue weighted by molar-refractivity contribution is -0.123. The van der Waals surface area contributed by atoms with Gasteiger partial charge >= 0.3 is 0 Å². The number of carbonyl (C=O) groups excluding carboxylic acids is 1. The van der Waals surface area contributed by atoms with E-state index in [1.165, 1.54) is 11.1 Å². The average molecular weight is 273 g/mol. The van der Waals surface area contributed by atoms with Gasteiger partial charge < -0.3 is 10.1 Å². The SMILES string of the molecule is Cc1cccc(CC2(NC(=O)CC3CCOC3)CC2)c1. The van der Waals surface area contributed by atoms with Crippen LogP contribution in [0, 0.1) is 12.8 Å². The van der Waals surface area contributed by atoms with E-state index in [-0.39, 0.29) is 11.4 Å². The van der Waals surface area contributed by atoms with Gasteiger partial charge in [-0.1, -0.05) is 29.8 Å². The molecule has 1 amide bonds. The summed E-state index contributed by atoms with van der Waals surface area (Å²) in [5.41, 5.74) is 2.64. The summed E-state index contributed by atoms with van der Waals surface area (Å²) in [6, 6.07) is 8.58. The van der Waals surface area contributed by atoms with Gasteiger partial charge in [-0.15, -0.1) is 0 Å². The molecule has 1 unspecified atom stereocenters. The van der Waals surface area contributed by atoms with E-state index in [1.807, 2.05) is 0 Å². The maximum absolute atomic E-state index is 12.1. The Kier molecular flexibility index (Phi) is 3.79. The van der Waals surface area contributed by atoms with Crippen LogP contribution in [0.2, 0.25) is 0 Å². The van der Waals surface area contributed by atoms with E-state index < -0.39 is 0 Å². The van der Waals surface area contributed by atoms with Gasteiger partial charge in [0.15, 0.2) is 0 Å². The fraction of sp³-hybridized carbons (Fsp3) is 0.588. The molecule has 1 atom stereocenters. The second-order valence-corrected chi connectivity index (χ2v) is 6.43. The van der Waals surface area contributed by atoms with Crippen LogP contribution in [0.25, 0.3) is 0 Å². The first-order valence-electron chi connectivity index (χ1n) is 7.60. The van der Waals surface area contributed by atoms with Gasteiger partial charge in [-0.3, -0.25) is 4.79 Å². The predicted molar refractivity (Wildman–Crippen MR) is 78.5 cm³/mol. The van der Waals surface area contributed by atoms with Crippen LogP contribution in [0.1, 0.15) is 36.8 Å². The molecule has 1 saturated heterocycles. The van der Waals surface area contributed by atoms with E-state index in [0.717, 1.165) is 38.9 Å². The first kappa shape index (κ1) is 13.6. The van der Waals surface area contributed by atoms with E-state index in [4.69, 9.17) is 4.74 Å². The molecule has 1 heterocycles. The Morgan fingerprint density at radius 1 is 1.45 bits per heavy atom. The summed E-state index contributed by atoms with van der Waals surface area (Å²) in [5.74, 6) is 0.621. The molecule has 1 aromatic carbocycles. The highest BCUT2D eigenvalue weighted by Gasteiger charge is 2.44. The normalized spacial score (nSPS) is 23.6. The zero-order valence-electron chi connectivity index (χ0n) is 12.2. The Balaban J connectivity index is 1.54. The Morgan fingerprint density at radius 2 is 2.30 bits per heavy atom. The van der Waals surface area contributed by atoms with Crippen molar-refractivity contribution in [3.8, 4) is 0 Å². The van der Waals surface area contributed by atoms with Gasteiger partial charge in [0.05, 0.1) is 0 Å². The monoisotopic (exact) mass is 273 g/mol. The van der Waals surface area contributed by atoms with Crippen LogP contribution in [0.15, 0.2) is 24.3 Å². The van der Waals surface area contributed by atoms with E-state index in [1.54, 1.807) is 0 Å². The van der Waals surface area contributed by atoms with Crippen LogP contribution in [-0.4, -0.2) is 24.7 Å². The zero-order valence-corrected chi connectivity index (χ0v) is 12.2. The van der Waals surface area contributed by atoms with Crippen molar-refractivity contribution in [2.75, 3.05) is 13.2 Å². The van der Waals surface area contributed by atoms with E-state index in [9.17, 15) is 4.79 Å². The largest absolute Gasteiger partial charge is 0.381 e. The molecule has 1 aliphatic heterocycles. The van der Waals surface area contributed by atoms with Crippen LogP contribution in [0.5, 0.6) is 0 Å². The fourth-order valence-corrected chi connectivity index (χ4v) is 3.06. The quantitative estimate of drug-likeness (QED) is 0.895. The van der Waals surface area contributed by atoms with Crippen LogP contribution in [0.3, 0.4) is 0 Å². The second-order valence-electron chi connectivity index (χ2n) is 6.43. The molecule has 0 radical (unpaired) electrons. The molecular formula is C17H23NO2. The van der Waals surface area contributed by atoms with E-state index in [2.05, 4.69) is 36.5 Å². The summed E-state index contributed by atoms with van der Waals surface area (Å²) in [6.07, 6.45) is 4.82. The molecule has 1 aliphatic carbocycles. The lowest BCUT2D eigenvalue weighted by Gasteiger charge is -2.19. The third kappa shape index (κ3) is 3.40. The highest BCUT2D eigenvalue weighted by atomic mass is 16.5. The summed E-state index contributed by atoms with van der Waals surface area (Å²) in [4.78, 5) is 12.1. The van der Waals surface area contributed by atoms with Crippen LogP contribution in [-0.2, 0) is 16.0 Å². The summed E-state index contributed by atoms with van der Waals surface area (Å²) in [7, 11) is 0. The average Bonchev–Trinajstić information content (AvgIpc) is 2.94. The number of amides is 1. The molecular weight excluding hydrogens is 250 g/mol. The smallest absolute Gasteiger partial charge is 0.220 e. The van der Waals surface area contributed by atoms with Crippen LogP contribution >= 0.6 is 0 Å². The number of aryl methyl sites for hydroxylation is 1. The van der Waals surface area contributed by atoms with Gasteiger partial charge in [0.2, 0.25) is 5.91 Å². The first-order chi connectivity index (χ1) is 9.65. The number of ether oxygens (including phenoxy) is 1. The number of hydrogen-bond donors (Lipinski definition) is 1. The van der Waals surface area contributed by atoms with E-state index >= 15 is 0 Å². The molecule has 2 fully saturated rings. The molecule has 20 heavy (non-hydrogen) atoms. The van der Waals surface area contributed by atoms with Crippen molar-refractivity contribution in [1.29, 1.82) is 0 Å². The summed E-state index contributed by atoms with van der Waals surface area (Å²) in [6.45, 7) is 3.67. The second kappa shape index (κ2) is 5.57. The molecule has 3 rings (SSSR count). The molecule has 0 aromatic heterocycles. The molecule has 1 saturated carbocycles. The van der Waals surface area contributed by atoms with Crippen molar-refractivity contribution in [3.05, 3.63) is 35.4 Å². The number of hydrogen-bond acceptors (Lipinski definition) is 2. The Labute approximate surface area is 120 Å². The molecule has 3 nitrogen and oxygen atoms in total. The van der Waals surface area contributed by atoms with Gasteiger partial charge in [0, 0.05) is 25.2 Å². The van der Waals surface area contributed by atoms with Crippen molar-refractivity contribution in [3.63, 3.8) is 0 Å². The lowest BCUT2D eigenvalue weighted by atomic mass is 10.0. The number of benzene rings is 1. The van der Waals surface area contributed by atoms with Crippen molar-refractivity contribution < 1.29 is 9.53 Å². The molecule has 2 aliphatic rings. The molecule has 0 bridgehead atoms. The maximum atomic E-state index is 12.1. The van der Waals surface area contributed by atoms with Crippen molar-refractivity contribution >= 4 is 5.91 Å².